The highest BCUT2D eigenvalue weighted by atomic mass is 127. The van der Waals surface area contributed by atoms with Gasteiger partial charge in [-0.2, -0.15) is 5.26 Å². The molecule has 1 amide bonds. The molecule has 4 nitrogen and oxygen atoms in total. The maximum atomic E-state index is 12.0. The minimum Gasteiger partial charge on any atom is -0.451 e. The van der Waals surface area contributed by atoms with Gasteiger partial charge in [-0.1, -0.05) is 23.2 Å². The van der Waals surface area contributed by atoms with Crippen molar-refractivity contribution in [3.8, 4) is 6.07 Å². The summed E-state index contributed by atoms with van der Waals surface area (Å²) in [6.45, 7) is 0. The minimum absolute atomic E-state index is 0.0770. The molecule has 0 atom stereocenters. The number of amides is 1. The fourth-order valence-corrected chi connectivity index (χ4v) is 2.20. The van der Waals surface area contributed by atoms with Gasteiger partial charge in [0.15, 0.2) is 3.77 Å². The molecule has 21 heavy (non-hydrogen) atoms. The molecule has 0 radical (unpaired) electrons. The van der Waals surface area contributed by atoms with E-state index in [2.05, 4.69) is 5.32 Å². The highest BCUT2D eigenvalue weighted by Crippen LogP contribution is 2.25. The van der Waals surface area contributed by atoms with E-state index in [1.54, 1.807) is 24.3 Å². The summed E-state index contributed by atoms with van der Waals surface area (Å²) in [6.07, 6.45) is 1.37. The van der Waals surface area contributed by atoms with Crippen molar-refractivity contribution in [3.05, 3.63) is 55.5 Å². The average Bonchev–Trinajstić information content (AvgIpc) is 2.85. The van der Waals surface area contributed by atoms with E-state index in [4.69, 9.17) is 32.9 Å². The zero-order valence-electron chi connectivity index (χ0n) is 10.4. The van der Waals surface area contributed by atoms with Crippen LogP contribution in [-0.2, 0) is 4.79 Å². The number of nitriles is 1. The number of furan rings is 1. The van der Waals surface area contributed by atoms with Gasteiger partial charge < -0.3 is 9.73 Å². The zero-order valence-corrected chi connectivity index (χ0v) is 14.0. The molecule has 0 saturated heterocycles. The Bertz CT molecular complexity index is 763. The van der Waals surface area contributed by atoms with Crippen LogP contribution in [0.25, 0.3) is 6.08 Å². The van der Waals surface area contributed by atoms with E-state index in [0.29, 0.717) is 25.3 Å². The number of hydrogen-bond acceptors (Lipinski definition) is 3. The summed E-state index contributed by atoms with van der Waals surface area (Å²) in [5, 5.41) is 12.3. The summed E-state index contributed by atoms with van der Waals surface area (Å²) in [5.74, 6) is -0.123. The first-order chi connectivity index (χ1) is 9.99. The van der Waals surface area contributed by atoms with Gasteiger partial charge in [0, 0.05) is 11.8 Å². The predicted octanol–water partition coefficient (Wildman–Crippen LogP) is 4.74. The molecule has 7 heteroatoms. The van der Waals surface area contributed by atoms with Gasteiger partial charge in [0.05, 0.1) is 10.0 Å². The van der Waals surface area contributed by atoms with Crippen LogP contribution < -0.4 is 5.32 Å². The summed E-state index contributed by atoms with van der Waals surface area (Å²) in [5.41, 5.74) is 0.372. The number of halogens is 3. The number of anilines is 1. The lowest BCUT2D eigenvalue weighted by Crippen LogP contribution is -2.13. The van der Waals surface area contributed by atoms with Crippen LogP contribution in [0.15, 0.2) is 40.3 Å². The summed E-state index contributed by atoms with van der Waals surface area (Å²) >= 11 is 13.7. The molecule has 1 N–H and O–H groups in total. The first-order valence-corrected chi connectivity index (χ1v) is 7.46. The van der Waals surface area contributed by atoms with Crippen LogP contribution in [0.4, 0.5) is 5.69 Å². The van der Waals surface area contributed by atoms with Crippen LogP contribution in [0.3, 0.4) is 0 Å². The Kier molecular flexibility index (Phi) is 5.28. The number of nitrogens with zero attached hydrogens (tertiary/aromatic N) is 1. The molecule has 0 spiro atoms. The SMILES string of the molecule is N#CC(=Cc1ccc(I)o1)C(=O)Nc1ccc(Cl)c(Cl)c1. The molecular formula is C14H7Cl2IN2O2. The second-order valence-corrected chi connectivity index (χ2v) is 5.77. The van der Waals surface area contributed by atoms with Gasteiger partial charge in [-0.15, -0.1) is 0 Å². The molecule has 0 aliphatic rings. The van der Waals surface area contributed by atoms with E-state index in [9.17, 15) is 4.79 Å². The van der Waals surface area contributed by atoms with Crippen molar-refractivity contribution < 1.29 is 9.21 Å². The zero-order chi connectivity index (χ0) is 15.4. The second kappa shape index (κ2) is 6.98. The van der Waals surface area contributed by atoms with E-state index >= 15 is 0 Å². The molecule has 1 heterocycles. The third-order valence-corrected chi connectivity index (χ3v) is 3.74. The van der Waals surface area contributed by atoms with Crippen LogP contribution in [0.5, 0.6) is 0 Å². The normalized spacial score (nSPS) is 11.0. The fourth-order valence-electron chi connectivity index (χ4n) is 1.47. The molecule has 0 bridgehead atoms. The Morgan fingerprint density at radius 1 is 1.29 bits per heavy atom. The van der Waals surface area contributed by atoms with Gasteiger partial charge in [-0.05, 0) is 52.9 Å². The Labute approximate surface area is 144 Å². The highest BCUT2D eigenvalue weighted by molar-refractivity contribution is 14.1. The van der Waals surface area contributed by atoms with E-state index in [1.807, 2.05) is 28.7 Å². The third-order valence-electron chi connectivity index (χ3n) is 2.42. The molecule has 0 unspecified atom stereocenters. The second-order valence-electron chi connectivity index (χ2n) is 3.89. The maximum Gasteiger partial charge on any atom is 0.266 e. The minimum atomic E-state index is -0.553. The van der Waals surface area contributed by atoms with E-state index < -0.39 is 5.91 Å². The van der Waals surface area contributed by atoms with Gasteiger partial charge in [0.1, 0.15) is 17.4 Å². The largest absolute Gasteiger partial charge is 0.451 e. The van der Waals surface area contributed by atoms with Gasteiger partial charge in [-0.25, -0.2) is 0 Å². The summed E-state index contributed by atoms with van der Waals surface area (Å²) in [4.78, 5) is 12.0. The first kappa shape index (κ1) is 15.9. The van der Waals surface area contributed by atoms with Crippen LogP contribution in [-0.4, -0.2) is 5.91 Å². The van der Waals surface area contributed by atoms with Crippen LogP contribution in [0.2, 0.25) is 10.0 Å². The lowest BCUT2D eigenvalue weighted by atomic mass is 10.2. The lowest BCUT2D eigenvalue weighted by molar-refractivity contribution is -0.112. The Balaban J connectivity index is 2.19. The van der Waals surface area contributed by atoms with Gasteiger partial charge in [-0.3, -0.25) is 4.79 Å². The molecule has 0 aliphatic heterocycles. The highest BCUT2D eigenvalue weighted by Gasteiger charge is 2.11. The van der Waals surface area contributed by atoms with Crippen molar-refractivity contribution in [2.24, 2.45) is 0 Å². The topological polar surface area (TPSA) is 66.0 Å². The molecule has 1 aromatic carbocycles. The Morgan fingerprint density at radius 3 is 2.62 bits per heavy atom. The molecular weight excluding hydrogens is 426 g/mol. The number of benzene rings is 1. The quantitative estimate of drug-likeness (QED) is 0.433. The molecule has 0 fully saturated rings. The standard InChI is InChI=1S/C14H7Cl2IN2O2/c15-11-3-1-9(6-12(11)16)19-14(20)8(7-18)5-10-2-4-13(17)21-10/h1-6H,(H,19,20). The van der Waals surface area contributed by atoms with Crippen molar-refractivity contribution in [2.45, 2.75) is 0 Å². The monoisotopic (exact) mass is 432 g/mol. The number of hydrogen-bond donors (Lipinski definition) is 1. The smallest absolute Gasteiger partial charge is 0.266 e. The van der Waals surface area contributed by atoms with Gasteiger partial charge in [0.2, 0.25) is 0 Å². The van der Waals surface area contributed by atoms with Crippen molar-refractivity contribution in [1.29, 1.82) is 5.26 Å². The molecule has 1 aromatic heterocycles. The summed E-state index contributed by atoms with van der Waals surface area (Å²) < 4.78 is 5.96. The van der Waals surface area contributed by atoms with Gasteiger partial charge in [0.25, 0.3) is 5.91 Å². The maximum absolute atomic E-state index is 12.0. The third kappa shape index (κ3) is 4.24. The number of carbonyl (C=O) groups excluding carboxylic acids is 1. The average molecular weight is 433 g/mol. The van der Waals surface area contributed by atoms with Crippen LogP contribution >= 0.6 is 45.8 Å². The van der Waals surface area contributed by atoms with Crippen LogP contribution in [0.1, 0.15) is 5.76 Å². The van der Waals surface area contributed by atoms with E-state index in [1.165, 1.54) is 12.1 Å². The van der Waals surface area contributed by atoms with Gasteiger partial charge >= 0.3 is 0 Å². The molecule has 0 aliphatic carbocycles. The molecule has 2 rings (SSSR count). The van der Waals surface area contributed by atoms with E-state index in [-0.39, 0.29) is 5.57 Å². The Hall–Kier alpha value is -1.49. The lowest BCUT2D eigenvalue weighted by Gasteiger charge is -2.05. The summed E-state index contributed by atoms with van der Waals surface area (Å²) in [6, 6.07) is 9.90. The molecule has 106 valence electrons. The van der Waals surface area contributed by atoms with E-state index in [0.717, 1.165) is 0 Å². The fraction of sp³-hybridized carbons (Fsp3) is 0. The van der Waals surface area contributed by atoms with Crippen molar-refractivity contribution in [1.82, 2.24) is 0 Å². The van der Waals surface area contributed by atoms with Crippen molar-refractivity contribution in [3.63, 3.8) is 0 Å². The Morgan fingerprint density at radius 2 is 2.05 bits per heavy atom. The molecule has 0 saturated carbocycles. The number of carbonyl (C=O) groups is 1. The van der Waals surface area contributed by atoms with Crippen LogP contribution in [0, 0.1) is 15.1 Å². The predicted molar refractivity (Wildman–Crippen MR) is 90.1 cm³/mol. The summed E-state index contributed by atoms with van der Waals surface area (Å²) in [7, 11) is 0. The number of rotatable bonds is 3. The number of nitrogens with one attached hydrogen (secondary N) is 1. The van der Waals surface area contributed by atoms with Crippen molar-refractivity contribution in [2.75, 3.05) is 5.32 Å². The molecule has 2 aromatic rings. The first-order valence-electron chi connectivity index (χ1n) is 5.63. The van der Waals surface area contributed by atoms with Crippen molar-refractivity contribution >= 4 is 63.5 Å².